The molecule has 0 bridgehead atoms. The average Bonchev–Trinajstić information content (AvgIpc) is 3.18. The van der Waals surface area contributed by atoms with Crippen molar-refractivity contribution in [1.82, 2.24) is 9.80 Å². The van der Waals surface area contributed by atoms with E-state index in [9.17, 15) is 24.8 Å². The van der Waals surface area contributed by atoms with Crippen molar-refractivity contribution < 1.29 is 33.8 Å². The minimum atomic E-state index is -0.988. The van der Waals surface area contributed by atoms with E-state index in [-0.39, 0.29) is 23.4 Å². The highest BCUT2D eigenvalue weighted by atomic mass is 16.6. The number of aliphatic hydroxyl groups is 1. The number of nitro groups is 1. The van der Waals surface area contributed by atoms with E-state index in [1.807, 2.05) is 0 Å². The number of non-ortho nitro benzene ring substituents is 1. The number of carbonyl (C=O) groups excluding carboxylic acids is 2. The summed E-state index contributed by atoms with van der Waals surface area (Å²) in [6.45, 7) is 3.79. The zero-order valence-electron chi connectivity index (χ0n) is 20.7. The Morgan fingerprint density at radius 1 is 1.08 bits per heavy atom. The number of amides is 1. The van der Waals surface area contributed by atoms with Gasteiger partial charge in [0.25, 0.3) is 17.4 Å². The van der Waals surface area contributed by atoms with Crippen molar-refractivity contribution in [3.8, 4) is 11.5 Å². The Morgan fingerprint density at radius 2 is 1.81 bits per heavy atom. The van der Waals surface area contributed by atoms with E-state index in [0.717, 1.165) is 13.1 Å². The third-order valence-corrected chi connectivity index (χ3v) is 6.57. The molecule has 11 heteroatoms. The summed E-state index contributed by atoms with van der Waals surface area (Å²) in [4.78, 5) is 40.9. The van der Waals surface area contributed by atoms with Crippen LogP contribution in [0.1, 0.15) is 23.6 Å². The predicted octanol–water partition coefficient (Wildman–Crippen LogP) is 2.76. The van der Waals surface area contributed by atoms with Crippen LogP contribution in [0.4, 0.5) is 5.69 Å². The number of carbonyl (C=O) groups is 2. The van der Waals surface area contributed by atoms with Crippen LogP contribution in [-0.4, -0.2) is 85.1 Å². The number of likely N-dealkylation sites (tertiary alicyclic amines) is 1. The summed E-state index contributed by atoms with van der Waals surface area (Å²) in [5, 5.41) is 22.7. The third kappa shape index (κ3) is 5.42. The molecule has 1 N–H and O–H groups in total. The first-order valence-corrected chi connectivity index (χ1v) is 11.9. The van der Waals surface area contributed by atoms with E-state index >= 15 is 0 Å². The van der Waals surface area contributed by atoms with Crippen LogP contribution in [0.5, 0.6) is 11.5 Å². The number of hydrogen-bond acceptors (Lipinski definition) is 9. The third-order valence-electron chi connectivity index (χ3n) is 6.57. The Bertz CT molecular complexity index is 1220. The van der Waals surface area contributed by atoms with Crippen LogP contribution in [0.2, 0.25) is 0 Å². The Labute approximate surface area is 214 Å². The first kappa shape index (κ1) is 26.1. The van der Waals surface area contributed by atoms with Crippen molar-refractivity contribution >= 4 is 23.1 Å². The lowest BCUT2D eigenvalue weighted by molar-refractivity contribution is -0.384. The van der Waals surface area contributed by atoms with Crippen molar-refractivity contribution in [3.05, 3.63) is 69.3 Å². The predicted molar refractivity (Wildman–Crippen MR) is 134 cm³/mol. The fraction of sp³-hybridized carbons (Fsp3) is 0.385. The first-order chi connectivity index (χ1) is 17.8. The van der Waals surface area contributed by atoms with Gasteiger partial charge in [0.15, 0.2) is 11.5 Å². The Morgan fingerprint density at radius 3 is 2.49 bits per heavy atom. The van der Waals surface area contributed by atoms with Crippen LogP contribution >= 0.6 is 0 Å². The van der Waals surface area contributed by atoms with E-state index in [0.29, 0.717) is 43.2 Å². The summed E-state index contributed by atoms with van der Waals surface area (Å²) >= 11 is 0. The molecule has 0 unspecified atom stereocenters. The molecule has 1 atom stereocenters. The molecule has 0 aromatic heterocycles. The summed E-state index contributed by atoms with van der Waals surface area (Å²) in [5.41, 5.74) is 0.299. The van der Waals surface area contributed by atoms with Crippen molar-refractivity contribution in [3.63, 3.8) is 0 Å². The molecule has 2 heterocycles. The molecule has 0 saturated carbocycles. The Kier molecular flexibility index (Phi) is 8.04. The number of methoxy groups -OCH3 is 2. The number of aliphatic hydroxyl groups excluding tert-OH is 1. The molecule has 2 aromatic rings. The topological polar surface area (TPSA) is 132 Å². The van der Waals surface area contributed by atoms with Gasteiger partial charge in [0, 0.05) is 43.9 Å². The molecule has 1 amide bonds. The molecule has 196 valence electrons. The van der Waals surface area contributed by atoms with Crippen molar-refractivity contribution in [2.24, 2.45) is 0 Å². The monoisotopic (exact) mass is 511 g/mol. The second-order valence-electron chi connectivity index (χ2n) is 8.72. The molecular formula is C26H29N3O8. The number of rotatable bonds is 9. The molecule has 2 aliphatic heterocycles. The van der Waals surface area contributed by atoms with E-state index < -0.39 is 28.4 Å². The van der Waals surface area contributed by atoms with Gasteiger partial charge in [-0.25, -0.2) is 0 Å². The van der Waals surface area contributed by atoms with Gasteiger partial charge in [0.1, 0.15) is 5.76 Å². The highest BCUT2D eigenvalue weighted by molar-refractivity contribution is 6.46. The maximum absolute atomic E-state index is 13.2. The number of Topliss-reactive ketones (excluding diaryl/α,β-unsaturated/α-hetero) is 1. The zero-order valence-corrected chi connectivity index (χ0v) is 20.7. The Hall–Kier alpha value is -3.96. The zero-order chi connectivity index (χ0) is 26.5. The number of ether oxygens (including phenoxy) is 3. The molecule has 0 aliphatic carbocycles. The van der Waals surface area contributed by atoms with Gasteiger partial charge in [-0.1, -0.05) is 12.1 Å². The average molecular weight is 512 g/mol. The van der Waals surface area contributed by atoms with Crippen molar-refractivity contribution in [2.75, 3.05) is 53.6 Å². The smallest absolute Gasteiger partial charge is 0.295 e. The van der Waals surface area contributed by atoms with Gasteiger partial charge >= 0.3 is 0 Å². The number of benzene rings is 2. The number of hydrogen-bond donors (Lipinski definition) is 1. The van der Waals surface area contributed by atoms with Crippen LogP contribution in [0.3, 0.4) is 0 Å². The highest BCUT2D eigenvalue weighted by Gasteiger charge is 2.46. The summed E-state index contributed by atoms with van der Waals surface area (Å²) in [5.74, 6) is -1.25. The second-order valence-corrected chi connectivity index (χ2v) is 8.72. The summed E-state index contributed by atoms with van der Waals surface area (Å²) in [6, 6.07) is 9.41. The quantitative estimate of drug-likeness (QED) is 0.177. The first-order valence-electron chi connectivity index (χ1n) is 11.9. The molecule has 37 heavy (non-hydrogen) atoms. The SMILES string of the molecule is COc1ccc(C(O)=C2C(=O)C(=O)N(CCCN3CCOCC3)[C@@H]2c2cccc([N+](=O)[O-])c2)cc1OC. The number of ketones is 1. The lowest BCUT2D eigenvalue weighted by Gasteiger charge is -2.29. The van der Waals surface area contributed by atoms with Crippen LogP contribution in [0.15, 0.2) is 48.0 Å². The molecule has 11 nitrogen and oxygen atoms in total. The highest BCUT2D eigenvalue weighted by Crippen LogP contribution is 2.41. The van der Waals surface area contributed by atoms with Gasteiger partial charge in [0.2, 0.25) is 0 Å². The van der Waals surface area contributed by atoms with Crippen LogP contribution in [0.25, 0.3) is 5.76 Å². The molecule has 4 rings (SSSR count). The summed E-state index contributed by atoms with van der Waals surface area (Å²) in [7, 11) is 2.92. The fourth-order valence-corrected chi connectivity index (χ4v) is 4.69. The standard InChI is InChI=1S/C26H29N3O8/c1-35-20-8-7-18(16-21(20)36-2)24(30)22-23(17-5-3-6-19(15-17)29(33)34)28(26(32)25(22)31)10-4-9-27-11-13-37-14-12-27/h3,5-8,15-16,23,30H,4,9-14H2,1-2H3/t23-/m1/s1. The molecule has 0 radical (unpaired) electrons. The molecule has 0 spiro atoms. The van der Waals surface area contributed by atoms with E-state index in [2.05, 4.69) is 4.90 Å². The van der Waals surface area contributed by atoms with Gasteiger partial charge in [-0.05, 0) is 30.2 Å². The number of nitrogens with zero attached hydrogens (tertiary/aromatic N) is 3. The summed E-state index contributed by atoms with van der Waals surface area (Å²) in [6.07, 6.45) is 0.578. The molecule has 2 fully saturated rings. The van der Waals surface area contributed by atoms with Crippen molar-refractivity contribution in [1.29, 1.82) is 0 Å². The maximum atomic E-state index is 13.2. The van der Waals surface area contributed by atoms with E-state index in [4.69, 9.17) is 14.2 Å². The van der Waals surface area contributed by atoms with Gasteiger partial charge in [0.05, 0.1) is 44.0 Å². The van der Waals surface area contributed by atoms with Crippen molar-refractivity contribution in [2.45, 2.75) is 12.5 Å². The largest absolute Gasteiger partial charge is 0.507 e. The fourth-order valence-electron chi connectivity index (χ4n) is 4.69. The molecule has 2 aliphatic rings. The van der Waals surface area contributed by atoms with Gasteiger partial charge < -0.3 is 24.2 Å². The minimum absolute atomic E-state index is 0.135. The van der Waals surface area contributed by atoms with Crippen LogP contribution in [0, 0.1) is 10.1 Å². The van der Waals surface area contributed by atoms with Crippen LogP contribution < -0.4 is 9.47 Å². The van der Waals surface area contributed by atoms with E-state index in [1.165, 1.54) is 43.4 Å². The molecule has 2 saturated heterocycles. The van der Waals surface area contributed by atoms with Gasteiger partial charge in [-0.2, -0.15) is 0 Å². The second kappa shape index (κ2) is 11.4. The summed E-state index contributed by atoms with van der Waals surface area (Å²) < 4.78 is 15.9. The normalized spacial score (nSPS) is 19.7. The van der Waals surface area contributed by atoms with Gasteiger partial charge in [-0.3, -0.25) is 24.6 Å². The van der Waals surface area contributed by atoms with Gasteiger partial charge in [-0.15, -0.1) is 0 Å². The molecular weight excluding hydrogens is 482 g/mol. The van der Waals surface area contributed by atoms with Crippen LogP contribution in [-0.2, 0) is 14.3 Å². The number of morpholine rings is 1. The lowest BCUT2D eigenvalue weighted by atomic mass is 9.94. The maximum Gasteiger partial charge on any atom is 0.295 e. The molecule has 2 aromatic carbocycles. The lowest BCUT2D eigenvalue weighted by Crippen LogP contribution is -2.39. The number of nitro benzene ring substituents is 1. The Balaban J connectivity index is 1.74. The minimum Gasteiger partial charge on any atom is -0.507 e. The van der Waals surface area contributed by atoms with E-state index in [1.54, 1.807) is 18.2 Å².